The summed E-state index contributed by atoms with van der Waals surface area (Å²) in [4.78, 5) is 12.4. The van der Waals surface area contributed by atoms with Crippen molar-refractivity contribution in [3.63, 3.8) is 0 Å². The average molecular weight is 367 g/mol. The first-order valence-electron chi connectivity index (χ1n) is 8.08. The molecule has 1 aromatic carbocycles. The van der Waals surface area contributed by atoms with Gasteiger partial charge in [0.1, 0.15) is 37.3 Å². The van der Waals surface area contributed by atoms with Crippen molar-refractivity contribution in [1.29, 1.82) is 0 Å². The molecule has 1 aliphatic carbocycles. The molecule has 1 saturated heterocycles. The number of ether oxygens (including phenoxy) is 2. The van der Waals surface area contributed by atoms with Gasteiger partial charge in [-0.15, -0.1) is 0 Å². The number of amides is 1. The highest BCUT2D eigenvalue weighted by Gasteiger charge is 2.53. The number of nitrogens with one attached hydrogen (secondary N) is 1. The summed E-state index contributed by atoms with van der Waals surface area (Å²) in [5, 5.41) is 51.9. The number of rotatable bonds is 3. The van der Waals surface area contributed by atoms with E-state index >= 15 is 0 Å². The van der Waals surface area contributed by atoms with E-state index in [1.165, 1.54) is 31.2 Å². The van der Waals surface area contributed by atoms with Gasteiger partial charge in [0.2, 0.25) is 5.91 Å². The van der Waals surface area contributed by atoms with Crippen molar-refractivity contribution in [3.05, 3.63) is 29.3 Å². The smallest absolute Gasteiger partial charge is 0.247 e. The first kappa shape index (κ1) is 18.6. The van der Waals surface area contributed by atoms with Gasteiger partial charge in [-0.05, 0) is 30.7 Å². The van der Waals surface area contributed by atoms with Crippen molar-refractivity contribution in [2.45, 2.75) is 43.5 Å². The van der Waals surface area contributed by atoms with Gasteiger partial charge in [0.25, 0.3) is 0 Å². The van der Waals surface area contributed by atoms with Crippen LogP contribution in [0.25, 0.3) is 6.08 Å². The molecule has 6 atom stereocenters. The Hall–Kier alpha value is -2.17. The van der Waals surface area contributed by atoms with Crippen LogP contribution in [0.2, 0.25) is 0 Å². The Morgan fingerprint density at radius 2 is 1.73 bits per heavy atom. The second-order valence-electron chi connectivity index (χ2n) is 6.43. The van der Waals surface area contributed by atoms with E-state index in [0.29, 0.717) is 5.56 Å². The molecular weight excluding hydrogens is 346 g/mol. The zero-order valence-corrected chi connectivity index (χ0v) is 13.9. The molecule has 2 fully saturated rings. The second kappa shape index (κ2) is 7.22. The van der Waals surface area contributed by atoms with E-state index in [-0.39, 0.29) is 23.9 Å². The van der Waals surface area contributed by atoms with E-state index in [1.54, 1.807) is 0 Å². The van der Waals surface area contributed by atoms with Crippen LogP contribution < -0.4 is 5.32 Å². The zero-order valence-electron chi connectivity index (χ0n) is 13.9. The molecule has 0 radical (unpaired) electrons. The SMILES string of the molecule is C/C(=C\c1ccc(O)c(O)c1)C(=O)NC1[C@@H](O)[C@@H]2OCO[C@@H]2[C@H](O)[C@H]1O. The number of phenolic OH excluding ortho intramolecular Hbond substituents is 2. The van der Waals surface area contributed by atoms with Gasteiger partial charge in [0.15, 0.2) is 11.5 Å². The Morgan fingerprint density at radius 1 is 1.08 bits per heavy atom. The minimum atomic E-state index is -1.43. The summed E-state index contributed by atoms with van der Waals surface area (Å²) in [5.41, 5.74) is 0.708. The molecular formula is C17H21NO8. The number of aliphatic hydroxyl groups is 3. The number of aliphatic hydroxyl groups excluding tert-OH is 3. The number of carbonyl (C=O) groups is 1. The molecule has 1 aromatic rings. The Bertz CT molecular complexity index is 721. The van der Waals surface area contributed by atoms with Crippen LogP contribution in [0.5, 0.6) is 11.5 Å². The highest BCUT2D eigenvalue weighted by atomic mass is 16.7. The van der Waals surface area contributed by atoms with Gasteiger partial charge in [-0.3, -0.25) is 4.79 Å². The summed E-state index contributed by atoms with van der Waals surface area (Å²) in [7, 11) is 0. The van der Waals surface area contributed by atoms with Crippen LogP contribution in [0.15, 0.2) is 23.8 Å². The van der Waals surface area contributed by atoms with Gasteiger partial charge in [-0.25, -0.2) is 0 Å². The molecule has 1 unspecified atom stereocenters. The predicted molar refractivity (Wildman–Crippen MR) is 88.0 cm³/mol. The van der Waals surface area contributed by atoms with Crippen LogP contribution in [-0.2, 0) is 14.3 Å². The fraction of sp³-hybridized carbons (Fsp3) is 0.471. The van der Waals surface area contributed by atoms with Gasteiger partial charge in [-0.1, -0.05) is 6.07 Å². The van der Waals surface area contributed by atoms with E-state index in [0.717, 1.165) is 0 Å². The van der Waals surface area contributed by atoms with E-state index in [9.17, 15) is 30.3 Å². The number of carbonyl (C=O) groups excluding carboxylic acids is 1. The van der Waals surface area contributed by atoms with Gasteiger partial charge in [-0.2, -0.15) is 0 Å². The standard InChI is InChI=1S/C17H21NO8/c1-7(4-8-2-3-9(19)10(20)5-8)17(24)18-11-12(21)14(23)16-15(13(11)22)25-6-26-16/h2-5,11-16,19-23H,6H2,1H3,(H,18,24)/b7-4+/t11?,12-,13+,14+,15-,16+/m0/s1. The Kier molecular flexibility index (Phi) is 5.17. The molecule has 2 aliphatic rings. The van der Waals surface area contributed by atoms with Crippen LogP contribution in [0, 0.1) is 0 Å². The lowest BCUT2D eigenvalue weighted by Crippen LogP contribution is -2.67. The normalized spacial score (nSPS) is 34.4. The highest BCUT2D eigenvalue weighted by molar-refractivity contribution is 5.97. The summed E-state index contributed by atoms with van der Waals surface area (Å²) in [6.45, 7) is 1.40. The maximum absolute atomic E-state index is 12.4. The quantitative estimate of drug-likeness (QED) is 0.289. The molecule has 26 heavy (non-hydrogen) atoms. The van der Waals surface area contributed by atoms with Gasteiger partial charge >= 0.3 is 0 Å². The fourth-order valence-electron chi connectivity index (χ4n) is 3.17. The Balaban J connectivity index is 1.73. The summed E-state index contributed by atoms with van der Waals surface area (Å²) < 4.78 is 10.4. The molecule has 0 bridgehead atoms. The van der Waals surface area contributed by atoms with Gasteiger partial charge in [0, 0.05) is 5.57 Å². The van der Waals surface area contributed by atoms with Crippen LogP contribution >= 0.6 is 0 Å². The fourth-order valence-corrected chi connectivity index (χ4v) is 3.17. The summed E-state index contributed by atoms with van der Waals surface area (Å²) >= 11 is 0. The zero-order chi connectivity index (χ0) is 19.0. The minimum Gasteiger partial charge on any atom is -0.504 e. The number of benzene rings is 1. The summed E-state index contributed by atoms with van der Waals surface area (Å²) in [6.07, 6.45) is -4.24. The third kappa shape index (κ3) is 3.39. The highest BCUT2D eigenvalue weighted by Crippen LogP contribution is 2.30. The lowest BCUT2D eigenvalue weighted by atomic mass is 9.83. The van der Waals surface area contributed by atoms with E-state index in [4.69, 9.17) is 9.47 Å². The number of aromatic hydroxyl groups is 2. The maximum atomic E-state index is 12.4. The third-order valence-electron chi connectivity index (χ3n) is 4.64. The van der Waals surface area contributed by atoms with Crippen LogP contribution in [0.1, 0.15) is 12.5 Å². The molecule has 3 rings (SSSR count). The molecule has 6 N–H and O–H groups in total. The van der Waals surface area contributed by atoms with Crippen molar-refractivity contribution in [2.75, 3.05) is 6.79 Å². The molecule has 0 aromatic heterocycles. The van der Waals surface area contributed by atoms with Crippen LogP contribution in [-0.4, -0.2) is 74.8 Å². The van der Waals surface area contributed by atoms with Crippen molar-refractivity contribution < 1.29 is 39.8 Å². The largest absolute Gasteiger partial charge is 0.504 e. The molecule has 1 aliphatic heterocycles. The van der Waals surface area contributed by atoms with Gasteiger partial charge < -0.3 is 40.3 Å². The monoisotopic (exact) mass is 367 g/mol. The molecule has 0 spiro atoms. The summed E-state index contributed by atoms with van der Waals surface area (Å²) in [6, 6.07) is 2.94. The van der Waals surface area contributed by atoms with E-state index < -0.39 is 42.5 Å². The van der Waals surface area contributed by atoms with Crippen molar-refractivity contribution >= 4 is 12.0 Å². The molecule has 9 nitrogen and oxygen atoms in total. The van der Waals surface area contributed by atoms with E-state index in [1.807, 2.05) is 0 Å². The lowest BCUT2D eigenvalue weighted by Gasteiger charge is -2.41. The molecule has 142 valence electrons. The number of hydrogen-bond acceptors (Lipinski definition) is 8. The average Bonchev–Trinajstić information content (AvgIpc) is 3.10. The third-order valence-corrected chi connectivity index (χ3v) is 4.64. The number of hydrogen-bond donors (Lipinski definition) is 6. The predicted octanol–water partition coefficient (Wildman–Crippen LogP) is -1.18. The van der Waals surface area contributed by atoms with Crippen LogP contribution in [0.4, 0.5) is 0 Å². The van der Waals surface area contributed by atoms with Crippen LogP contribution in [0.3, 0.4) is 0 Å². The molecule has 1 saturated carbocycles. The second-order valence-corrected chi connectivity index (χ2v) is 6.43. The number of fused-ring (bicyclic) bond motifs is 1. The maximum Gasteiger partial charge on any atom is 0.247 e. The van der Waals surface area contributed by atoms with Crippen molar-refractivity contribution in [1.82, 2.24) is 5.32 Å². The first-order valence-corrected chi connectivity index (χ1v) is 8.08. The Labute approximate surface area is 149 Å². The van der Waals surface area contributed by atoms with Crippen molar-refractivity contribution in [2.24, 2.45) is 0 Å². The molecule has 9 heteroatoms. The van der Waals surface area contributed by atoms with E-state index in [2.05, 4.69) is 5.32 Å². The first-order chi connectivity index (χ1) is 12.3. The number of phenols is 2. The van der Waals surface area contributed by atoms with Crippen molar-refractivity contribution in [3.8, 4) is 11.5 Å². The Morgan fingerprint density at radius 3 is 2.38 bits per heavy atom. The van der Waals surface area contributed by atoms with Gasteiger partial charge in [0.05, 0.1) is 6.04 Å². The summed E-state index contributed by atoms with van der Waals surface area (Å²) in [5.74, 6) is -1.18. The lowest BCUT2D eigenvalue weighted by molar-refractivity contribution is -0.155. The molecule has 1 amide bonds. The topological polar surface area (TPSA) is 149 Å². The minimum absolute atomic E-state index is 0.111. The molecule has 1 heterocycles.